The van der Waals surface area contributed by atoms with Gasteiger partial charge in [0.1, 0.15) is 0 Å². The number of hydrogen-bond donors (Lipinski definition) is 1. The summed E-state index contributed by atoms with van der Waals surface area (Å²) in [6.07, 6.45) is 1.08. The summed E-state index contributed by atoms with van der Waals surface area (Å²) >= 11 is 5.63. The zero-order valence-corrected chi connectivity index (χ0v) is 8.50. The highest BCUT2D eigenvalue weighted by Gasteiger charge is 2.17. The fraction of sp³-hybridized carbons (Fsp3) is 0.250. The number of hydrogen-bond acceptors (Lipinski definition) is 5. The molecule has 0 fully saturated rings. The maximum absolute atomic E-state index is 11.3. The molecule has 1 aromatic rings. The smallest absolute Gasteiger partial charge is 0.341 e. The van der Waals surface area contributed by atoms with Gasteiger partial charge in [-0.15, -0.1) is 4.91 Å². The molecule has 1 heterocycles. The van der Waals surface area contributed by atoms with Crippen LogP contribution in [-0.4, -0.2) is 17.6 Å². The van der Waals surface area contributed by atoms with Crippen molar-refractivity contribution < 1.29 is 9.53 Å². The lowest BCUT2D eigenvalue weighted by atomic mass is 10.2. The lowest BCUT2D eigenvalue weighted by molar-refractivity contribution is 0.0526. The van der Waals surface area contributed by atoms with E-state index in [0.29, 0.717) is 0 Å². The molecular formula is C8H7ClN2O4. The van der Waals surface area contributed by atoms with Gasteiger partial charge in [-0.1, -0.05) is 11.6 Å². The Hall–Kier alpha value is -1.69. The molecule has 0 radical (unpaired) electrons. The topological polar surface area (TPSA) is 88.6 Å². The average Bonchev–Trinajstić information content (AvgIpc) is 2.18. The number of H-pyrrole nitrogens is 1. The lowest BCUT2D eigenvalue weighted by Gasteiger charge is -2.03. The van der Waals surface area contributed by atoms with E-state index in [-0.39, 0.29) is 17.2 Å². The number of nitroso groups, excluding NO2 is 1. The summed E-state index contributed by atoms with van der Waals surface area (Å²) in [6, 6.07) is 0. The Kier molecular flexibility index (Phi) is 3.56. The molecule has 0 aromatic carbocycles. The Morgan fingerprint density at radius 1 is 1.67 bits per heavy atom. The van der Waals surface area contributed by atoms with Gasteiger partial charge in [0, 0.05) is 6.20 Å². The van der Waals surface area contributed by atoms with Crippen molar-refractivity contribution in [1.29, 1.82) is 0 Å². The van der Waals surface area contributed by atoms with E-state index >= 15 is 0 Å². The maximum Gasteiger partial charge on any atom is 0.341 e. The number of pyridine rings is 1. The van der Waals surface area contributed by atoms with Crippen LogP contribution in [0.4, 0.5) is 5.69 Å². The number of ether oxygens (including phenoxy) is 1. The SMILES string of the molecule is CCOC(=O)c1c[nH]c(=O)c(N=O)c1Cl. The highest BCUT2D eigenvalue weighted by molar-refractivity contribution is 6.35. The fourth-order valence-corrected chi connectivity index (χ4v) is 1.19. The predicted octanol–water partition coefficient (Wildman–Crippen LogP) is 1.60. The Bertz CT molecular complexity index is 454. The first kappa shape index (κ1) is 11.4. The third-order valence-electron chi connectivity index (χ3n) is 1.59. The molecule has 1 N–H and O–H groups in total. The van der Waals surface area contributed by atoms with Crippen molar-refractivity contribution in [3.8, 4) is 0 Å². The molecule has 0 spiro atoms. The van der Waals surface area contributed by atoms with E-state index < -0.39 is 17.2 Å². The summed E-state index contributed by atoms with van der Waals surface area (Å²) in [5.41, 5.74) is -1.36. The quantitative estimate of drug-likeness (QED) is 0.631. The number of carbonyl (C=O) groups excluding carboxylic acids is 1. The molecule has 6 nitrogen and oxygen atoms in total. The van der Waals surface area contributed by atoms with Gasteiger partial charge in [0.25, 0.3) is 5.56 Å². The minimum Gasteiger partial charge on any atom is -0.462 e. The van der Waals surface area contributed by atoms with Gasteiger partial charge in [-0.2, -0.15) is 0 Å². The van der Waals surface area contributed by atoms with Crippen LogP contribution < -0.4 is 5.56 Å². The predicted molar refractivity (Wildman–Crippen MR) is 53.5 cm³/mol. The highest BCUT2D eigenvalue weighted by atomic mass is 35.5. The molecular weight excluding hydrogens is 224 g/mol. The van der Waals surface area contributed by atoms with Crippen LogP contribution in [0.15, 0.2) is 16.2 Å². The minimum atomic E-state index is -0.747. The van der Waals surface area contributed by atoms with Crippen molar-refractivity contribution in [1.82, 2.24) is 4.98 Å². The molecule has 0 saturated heterocycles. The van der Waals surface area contributed by atoms with Crippen molar-refractivity contribution in [3.63, 3.8) is 0 Å². The van der Waals surface area contributed by atoms with Crippen LogP contribution in [0.3, 0.4) is 0 Å². The van der Waals surface area contributed by atoms with Crippen LogP contribution in [-0.2, 0) is 4.74 Å². The first-order valence-electron chi connectivity index (χ1n) is 4.03. The maximum atomic E-state index is 11.3. The highest BCUT2D eigenvalue weighted by Crippen LogP contribution is 2.24. The molecule has 0 aliphatic carbocycles. The van der Waals surface area contributed by atoms with E-state index in [2.05, 4.69) is 14.9 Å². The number of nitrogens with zero attached hydrogens (tertiary/aromatic N) is 1. The largest absolute Gasteiger partial charge is 0.462 e. The first-order chi connectivity index (χ1) is 7.11. The third kappa shape index (κ3) is 2.21. The normalized spacial score (nSPS) is 9.73. The molecule has 0 amide bonds. The van der Waals surface area contributed by atoms with Crippen LogP contribution in [0.25, 0.3) is 0 Å². The molecule has 1 rings (SSSR count). The molecule has 0 unspecified atom stereocenters. The Morgan fingerprint density at radius 2 is 2.33 bits per heavy atom. The van der Waals surface area contributed by atoms with Crippen molar-refractivity contribution in [2.75, 3.05) is 6.61 Å². The summed E-state index contributed by atoms with van der Waals surface area (Å²) in [4.78, 5) is 34.7. The summed E-state index contributed by atoms with van der Waals surface area (Å²) < 4.78 is 4.66. The average molecular weight is 231 g/mol. The molecule has 0 bridgehead atoms. The molecule has 0 aliphatic rings. The second kappa shape index (κ2) is 4.70. The van der Waals surface area contributed by atoms with E-state index in [1.54, 1.807) is 6.92 Å². The van der Waals surface area contributed by atoms with Gasteiger partial charge in [-0.05, 0) is 12.1 Å². The molecule has 15 heavy (non-hydrogen) atoms. The monoisotopic (exact) mass is 230 g/mol. The van der Waals surface area contributed by atoms with E-state index in [1.165, 1.54) is 0 Å². The molecule has 1 aromatic heterocycles. The van der Waals surface area contributed by atoms with Crippen LogP contribution in [0.1, 0.15) is 17.3 Å². The van der Waals surface area contributed by atoms with Crippen LogP contribution in [0.5, 0.6) is 0 Å². The number of aromatic nitrogens is 1. The standard InChI is InChI=1S/C8H7ClN2O4/c1-2-15-8(13)4-3-10-7(12)6(11-14)5(4)9/h3H,2H2,1H3,(H,10,12). The Morgan fingerprint density at radius 3 is 2.87 bits per heavy atom. The van der Waals surface area contributed by atoms with E-state index in [4.69, 9.17) is 11.6 Å². The number of aromatic amines is 1. The van der Waals surface area contributed by atoms with E-state index in [9.17, 15) is 14.5 Å². The lowest BCUT2D eigenvalue weighted by Crippen LogP contribution is -2.12. The van der Waals surface area contributed by atoms with Gasteiger partial charge >= 0.3 is 5.97 Å². The molecule has 80 valence electrons. The van der Waals surface area contributed by atoms with E-state index in [1.807, 2.05) is 0 Å². The van der Waals surface area contributed by atoms with Gasteiger partial charge in [-0.3, -0.25) is 4.79 Å². The first-order valence-corrected chi connectivity index (χ1v) is 4.41. The van der Waals surface area contributed by atoms with Gasteiger partial charge in [-0.25, -0.2) is 4.79 Å². The fourth-order valence-electron chi connectivity index (χ4n) is 0.936. The Labute approximate surface area is 89.2 Å². The van der Waals surface area contributed by atoms with Crippen LogP contribution in [0, 0.1) is 4.91 Å². The summed E-state index contributed by atoms with van der Waals surface area (Å²) in [7, 11) is 0. The molecule has 0 aliphatic heterocycles. The zero-order chi connectivity index (χ0) is 11.4. The van der Waals surface area contributed by atoms with Crippen molar-refractivity contribution in [2.24, 2.45) is 5.18 Å². The third-order valence-corrected chi connectivity index (χ3v) is 1.98. The second-order valence-electron chi connectivity index (χ2n) is 2.51. The number of nitrogens with one attached hydrogen (secondary N) is 1. The van der Waals surface area contributed by atoms with Gasteiger partial charge in [0.05, 0.1) is 17.2 Å². The summed E-state index contributed by atoms with van der Waals surface area (Å²) in [6.45, 7) is 1.79. The molecule has 0 saturated carbocycles. The molecule has 0 atom stereocenters. The second-order valence-corrected chi connectivity index (χ2v) is 2.88. The van der Waals surface area contributed by atoms with E-state index in [0.717, 1.165) is 6.20 Å². The zero-order valence-electron chi connectivity index (χ0n) is 7.74. The van der Waals surface area contributed by atoms with Crippen molar-refractivity contribution in [2.45, 2.75) is 6.92 Å². The van der Waals surface area contributed by atoms with Crippen molar-refractivity contribution in [3.05, 3.63) is 32.0 Å². The molecule has 7 heteroatoms. The Balaban J connectivity index is 3.27. The van der Waals surface area contributed by atoms with Gasteiger partial charge in [0.2, 0.25) is 0 Å². The van der Waals surface area contributed by atoms with Crippen LogP contribution in [0.2, 0.25) is 5.02 Å². The summed E-state index contributed by atoms with van der Waals surface area (Å²) in [5.74, 6) is -0.719. The minimum absolute atomic E-state index is 0.0901. The number of rotatable bonds is 3. The number of carbonyl (C=O) groups is 1. The van der Waals surface area contributed by atoms with Crippen molar-refractivity contribution >= 4 is 23.3 Å². The summed E-state index contributed by atoms with van der Waals surface area (Å²) in [5, 5.41) is 2.14. The number of esters is 1. The van der Waals surface area contributed by atoms with Gasteiger partial charge < -0.3 is 9.72 Å². The van der Waals surface area contributed by atoms with Crippen LogP contribution >= 0.6 is 11.6 Å². The number of halogens is 1. The van der Waals surface area contributed by atoms with Gasteiger partial charge in [0.15, 0.2) is 5.69 Å².